The van der Waals surface area contributed by atoms with Crippen molar-refractivity contribution in [2.75, 3.05) is 5.73 Å². The van der Waals surface area contributed by atoms with Crippen molar-refractivity contribution in [2.45, 2.75) is 13.3 Å². The first-order chi connectivity index (χ1) is 8.06. The first-order valence-corrected chi connectivity index (χ1v) is 5.13. The Bertz CT molecular complexity index is 545. The van der Waals surface area contributed by atoms with E-state index >= 15 is 0 Å². The summed E-state index contributed by atoms with van der Waals surface area (Å²) in [4.78, 5) is 22.6. The van der Waals surface area contributed by atoms with Gasteiger partial charge in [-0.15, -0.1) is 0 Å². The van der Waals surface area contributed by atoms with Crippen LogP contribution in [0.2, 0.25) is 0 Å². The minimum Gasteiger partial charge on any atom is -0.478 e. The Labute approximate surface area is 97.5 Å². The Morgan fingerprint density at radius 2 is 2.18 bits per heavy atom. The number of carbonyl (C=O) groups excluding carboxylic acids is 1. The second-order valence-corrected chi connectivity index (χ2v) is 3.63. The number of aliphatic carboxylic acids is 1. The van der Waals surface area contributed by atoms with Crippen LogP contribution in [0.4, 0.5) is 5.69 Å². The van der Waals surface area contributed by atoms with E-state index < -0.39 is 11.9 Å². The van der Waals surface area contributed by atoms with Crippen LogP contribution < -0.4 is 5.73 Å². The molecule has 0 fully saturated rings. The molecule has 17 heavy (non-hydrogen) atoms. The van der Waals surface area contributed by atoms with E-state index in [1.807, 2.05) is 0 Å². The summed E-state index contributed by atoms with van der Waals surface area (Å²) >= 11 is 0. The van der Waals surface area contributed by atoms with Gasteiger partial charge in [0.2, 0.25) is 0 Å². The van der Waals surface area contributed by atoms with Crippen molar-refractivity contribution in [1.29, 1.82) is 0 Å². The van der Waals surface area contributed by atoms with Crippen molar-refractivity contribution < 1.29 is 19.4 Å². The minimum absolute atomic E-state index is 0.0719. The van der Waals surface area contributed by atoms with Crippen molar-refractivity contribution in [1.82, 2.24) is 0 Å². The van der Waals surface area contributed by atoms with E-state index in [0.717, 1.165) is 0 Å². The van der Waals surface area contributed by atoms with Gasteiger partial charge in [-0.25, -0.2) is 9.59 Å². The highest BCUT2D eigenvalue weighted by atomic mass is 16.5. The number of fused-ring (bicyclic) bond motifs is 1. The van der Waals surface area contributed by atoms with Gasteiger partial charge in [-0.3, -0.25) is 0 Å². The Hall–Kier alpha value is -2.30. The van der Waals surface area contributed by atoms with Gasteiger partial charge in [0.25, 0.3) is 0 Å². The number of nitrogen functional groups attached to an aromatic ring is 1. The number of hydrogen-bond acceptors (Lipinski definition) is 4. The number of carboxylic acids is 1. The summed E-state index contributed by atoms with van der Waals surface area (Å²) in [7, 11) is 0. The number of rotatable bonds is 2. The summed E-state index contributed by atoms with van der Waals surface area (Å²) in [5.74, 6) is -1.59. The largest absolute Gasteiger partial charge is 0.478 e. The molecule has 88 valence electrons. The first-order valence-electron chi connectivity index (χ1n) is 5.13. The lowest BCUT2D eigenvalue weighted by Gasteiger charge is -2.03. The predicted octanol–water partition coefficient (Wildman–Crippen LogP) is 1.64. The lowest BCUT2D eigenvalue weighted by Crippen LogP contribution is -2.03. The standard InChI is InChI=1S/C12H11NO4/c1-2-6(11(14)15)10-7-4-3-5-8(13)9(7)12(16)17-10/h3-5H,2,13H2,1H3,(H,14,15)/b10-6+. The van der Waals surface area contributed by atoms with Gasteiger partial charge in [-0.1, -0.05) is 19.1 Å². The summed E-state index contributed by atoms with van der Waals surface area (Å²) < 4.78 is 5.01. The smallest absolute Gasteiger partial charge is 0.346 e. The van der Waals surface area contributed by atoms with Crippen molar-refractivity contribution in [3.63, 3.8) is 0 Å². The fourth-order valence-corrected chi connectivity index (χ4v) is 1.82. The second-order valence-electron chi connectivity index (χ2n) is 3.63. The van der Waals surface area contributed by atoms with Crippen molar-refractivity contribution in [3.05, 3.63) is 34.9 Å². The van der Waals surface area contributed by atoms with Gasteiger partial charge in [0.15, 0.2) is 0 Å². The third-order valence-electron chi connectivity index (χ3n) is 2.63. The molecule has 0 saturated heterocycles. The van der Waals surface area contributed by atoms with Crippen LogP contribution >= 0.6 is 0 Å². The topological polar surface area (TPSA) is 89.6 Å². The normalized spacial score (nSPS) is 16.4. The third-order valence-corrected chi connectivity index (χ3v) is 2.63. The lowest BCUT2D eigenvalue weighted by atomic mass is 10.0. The zero-order valence-electron chi connectivity index (χ0n) is 9.19. The van der Waals surface area contributed by atoms with Gasteiger partial charge in [-0.2, -0.15) is 0 Å². The lowest BCUT2D eigenvalue weighted by molar-refractivity contribution is -0.132. The molecule has 0 bridgehead atoms. The molecule has 1 aromatic carbocycles. The van der Waals surface area contributed by atoms with Crippen LogP contribution in [0.25, 0.3) is 5.76 Å². The van der Waals surface area contributed by atoms with Gasteiger partial charge in [0, 0.05) is 11.3 Å². The Morgan fingerprint density at radius 3 is 2.76 bits per heavy atom. The van der Waals surface area contributed by atoms with E-state index in [0.29, 0.717) is 11.3 Å². The van der Waals surface area contributed by atoms with Crippen LogP contribution in [0.15, 0.2) is 23.8 Å². The molecule has 1 aliphatic rings. The molecule has 0 unspecified atom stereocenters. The van der Waals surface area contributed by atoms with Crippen molar-refractivity contribution in [2.24, 2.45) is 0 Å². The average molecular weight is 233 g/mol. The number of cyclic esters (lactones) is 1. The van der Waals surface area contributed by atoms with Crippen molar-refractivity contribution in [3.8, 4) is 0 Å². The number of carboxylic acid groups (broad SMARTS) is 1. The summed E-state index contributed by atoms with van der Waals surface area (Å²) in [6.07, 6.45) is 0.270. The number of benzene rings is 1. The highest BCUT2D eigenvalue weighted by Crippen LogP contribution is 2.35. The monoisotopic (exact) mass is 233 g/mol. The Kier molecular flexibility index (Phi) is 2.59. The molecule has 1 aromatic rings. The summed E-state index contributed by atoms with van der Waals surface area (Å²) in [6, 6.07) is 4.87. The molecule has 0 saturated carbocycles. The quantitative estimate of drug-likeness (QED) is 0.460. The van der Waals surface area contributed by atoms with Crippen molar-refractivity contribution >= 4 is 23.4 Å². The van der Waals surface area contributed by atoms with Gasteiger partial charge in [-0.05, 0) is 12.5 Å². The maximum Gasteiger partial charge on any atom is 0.346 e. The number of anilines is 1. The molecule has 1 heterocycles. The van der Waals surface area contributed by atoms with Crippen LogP contribution in [-0.4, -0.2) is 17.0 Å². The molecule has 0 atom stereocenters. The predicted molar refractivity (Wildman–Crippen MR) is 61.1 cm³/mol. The molecule has 0 radical (unpaired) electrons. The van der Waals surface area contributed by atoms with E-state index in [-0.39, 0.29) is 23.3 Å². The maximum absolute atomic E-state index is 11.6. The van der Waals surface area contributed by atoms with Gasteiger partial charge >= 0.3 is 11.9 Å². The molecule has 0 spiro atoms. The van der Waals surface area contributed by atoms with E-state index in [1.54, 1.807) is 25.1 Å². The molecule has 5 nitrogen and oxygen atoms in total. The van der Waals surface area contributed by atoms with E-state index in [1.165, 1.54) is 0 Å². The first kappa shape index (κ1) is 11.2. The zero-order chi connectivity index (χ0) is 12.6. The average Bonchev–Trinajstić information content (AvgIpc) is 2.58. The number of esters is 1. The highest BCUT2D eigenvalue weighted by Gasteiger charge is 2.32. The summed E-state index contributed by atoms with van der Waals surface area (Å²) in [5, 5.41) is 9.03. The van der Waals surface area contributed by atoms with Crippen LogP contribution in [-0.2, 0) is 9.53 Å². The van der Waals surface area contributed by atoms with Crippen LogP contribution in [0.1, 0.15) is 29.3 Å². The molecule has 0 aliphatic carbocycles. The van der Waals surface area contributed by atoms with Crippen LogP contribution in [0.5, 0.6) is 0 Å². The minimum atomic E-state index is -1.09. The van der Waals surface area contributed by atoms with E-state index in [4.69, 9.17) is 15.6 Å². The zero-order valence-corrected chi connectivity index (χ0v) is 9.19. The number of carbonyl (C=O) groups is 2. The fraction of sp³-hybridized carbons (Fsp3) is 0.167. The van der Waals surface area contributed by atoms with Gasteiger partial charge in [0.1, 0.15) is 5.76 Å². The van der Waals surface area contributed by atoms with E-state index in [9.17, 15) is 9.59 Å². The maximum atomic E-state index is 11.6. The number of hydrogen-bond donors (Lipinski definition) is 2. The van der Waals surface area contributed by atoms with Crippen LogP contribution in [0.3, 0.4) is 0 Å². The van der Waals surface area contributed by atoms with Crippen LogP contribution in [0, 0.1) is 0 Å². The number of ether oxygens (including phenoxy) is 1. The molecular weight excluding hydrogens is 222 g/mol. The second kappa shape index (κ2) is 3.93. The molecule has 3 N–H and O–H groups in total. The molecule has 2 rings (SSSR count). The highest BCUT2D eigenvalue weighted by molar-refractivity contribution is 6.10. The molecule has 0 aromatic heterocycles. The number of nitrogens with two attached hydrogens (primary N) is 1. The Balaban J connectivity index is 2.70. The fourth-order valence-electron chi connectivity index (χ4n) is 1.82. The van der Waals surface area contributed by atoms with Gasteiger partial charge < -0.3 is 15.6 Å². The van der Waals surface area contributed by atoms with Gasteiger partial charge in [0.05, 0.1) is 11.1 Å². The Morgan fingerprint density at radius 1 is 1.47 bits per heavy atom. The third kappa shape index (κ3) is 1.65. The van der Waals surface area contributed by atoms with E-state index in [2.05, 4.69) is 0 Å². The molecule has 0 amide bonds. The molecular formula is C12H11NO4. The molecule has 5 heteroatoms. The summed E-state index contributed by atoms with van der Waals surface area (Å²) in [5.41, 5.74) is 6.74. The molecule has 1 aliphatic heterocycles. The SMILES string of the molecule is CC/C(C(=O)O)=C1\OC(=O)c2c(N)cccc21. The summed E-state index contributed by atoms with van der Waals surface area (Å²) in [6.45, 7) is 1.69.